The first kappa shape index (κ1) is 13.2. The fourth-order valence-electron chi connectivity index (χ4n) is 2.37. The fraction of sp³-hybridized carbons (Fsp3) is 0.533. The summed E-state index contributed by atoms with van der Waals surface area (Å²) in [6, 6.07) is 7.80. The highest BCUT2D eigenvalue weighted by Gasteiger charge is 2.17. The van der Waals surface area contributed by atoms with Gasteiger partial charge in [-0.15, -0.1) is 0 Å². The van der Waals surface area contributed by atoms with Gasteiger partial charge in [0.15, 0.2) is 5.78 Å². The van der Waals surface area contributed by atoms with Crippen molar-refractivity contribution >= 4 is 5.78 Å². The topological polar surface area (TPSA) is 29.5 Å². The van der Waals surface area contributed by atoms with Crippen LogP contribution in [-0.2, 0) is 4.74 Å². The number of Topliss-reactive ketones (excluding diaryl/α,β-unsaturated/α-hetero) is 1. The van der Waals surface area contributed by atoms with E-state index in [9.17, 15) is 4.79 Å². The van der Waals surface area contributed by atoms with E-state index in [1.807, 2.05) is 31.2 Å². The van der Waals surface area contributed by atoms with Crippen LogP contribution in [0, 0.1) is 6.92 Å². The fourth-order valence-corrected chi connectivity index (χ4v) is 2.37. The average molecular weight is 247 g/mol. The molecule has 1 unspecified atom stereocenters. The third-order valence-corrected chi connectivity index (χ3v) is 3.43. The van der Waals surface area contributed by atoms with Crippen molar-refractivity contribution in [3.8, 4) is 0 Å². The lowest BCUT2D eigenvalue weighted by Crippen LogP contribution is -2.41. The first-order valence-corrected chi connectivity index (χ1v) is 6.59. The Morgan fingerprint density at radius 2 is 2.22 bits per heavy atom. The van der Waals surface area contributed by atoms with E-state index in [1.54, 1.807) is 0 Å². The van der Waals surface area contributed by atoms with E-state index in [0.717, 1.165) is 37.4 Å². The Balaban J connectivity index is 1.87. The molecule has 0 bridgehead atoms. The largest absolute Gasteiger partial charge is 0.376 e. The SMILES string of the molecule is Cc1ccccc1C(=O)CCN1CCOC(C)C1. The lowest BCUT2D eigenvalue weighted by atomic mass is 10.0. The molecule has 0 N–H and O–H groups in total. The van der Waals surface area contributed by atoms with Crippen molar-refractivity contribution in [1.82, 2.24) is 4.90 Å². The van der Waals surface area contributed by atoms with Crippen LogP contribution in [0.4, 0.5) is 0 Å². The number of ether oxygens (including phenoxy) is 1. The first-order chi connectivity index (χ1) is 8.66. The first-order valence-electron chi connectivity index (χ1n) is 6.59. The maximum atomic E-state index is 12.1. The zero-order valence-electron chi connectivity index (χ0n) is 11.2. The highest BCUT2D eigenvalue weighted by molar-refractivity contribution is 5.97. The maximum absolute atomic E-state index is 12.1. The molecule has 0 aromatic heterocycles. The van der Waals surface area contributed by atoms with Crippen molar-refractivity contribution in [2.45, 2.75) is 26.4 Å². The van der Waals surface area contributed by atoms with E-state index in [4.69, 9.17) is 4.74 Å². The molecule has 0 spiro atoms. The standard InChI is InChI=1S/C15H21NO2/c1-12-5-3-4-6-14(12)15(17)7-8-16-9-10-18-13(2)11-16/h3-6,13H,7-11H2,1-2H3. The van der Waals surface area contributed by atoms with Crippen LogP contribution < -0.4 is 0 Å². The van der Waals surface area contributed by atoms with Crippen molar-refractivity contribution in [3.63, 3.8) is 0 Å². The molecule has 1 aromatic carbocycles. The summed E-state index contributed by atoms with van der Waals surface area (Å²) in [5.74, 6) is 0.243. The molecular weight excluding hydrogens is 226 g/mol. The van der Waals surface area contributed by atoms with Gasteiger partial charge in [0, 0.05) is 31.6 Å². The van der Waals surface area contributed by atoms with Gasteiger partial charge in [-0.2, -0.15) is 0 Å². The molecule has 0 amide bonds. The van der Waals surface area contributed by atoms with Crippen molar-refractivity contribution < 1.29 is 9.53 Å². The van der Waals surface area contributed by atoms with Gasteiger partial charge in [-0.3, -0.25) is 9.69 Å². The summed E-state index contributed by atoms with van der Waals surface area (Å²) in [6.07, 6.45) is 0.879. The van der Waals surface area contributed by atoms with E-state index in [1.165, 1.54) is 0 Å². The molecule has 1 aliphatic rings. The minimum atomic E-state index is 0.243. The number of rotatable bonds is 4. The normalized spacial score (nSPS) is 20.9. The summed E-state index contributed by atoms with van der Waals surface area (Å²) in [5.41, 5.74) is 1.93. The van der Waals surface area contributed by atoms with Crippen molar-refractivity contribution in [1.29, 1.82) is 0 Å². The molecule has 0 saturated carbocycles. The smallest absolute Gasteiger partial charge is 0.164 e. The molecule has 0 aliphatic carbocycles. The Kier molecular flexibility index (Phi) is 4.50. The van der Waals surface area contributed by atoms with Crippen LogP contribution in [0.1, 0.15) is 29.3 Å². The lowest BCUT2D eigenvalue weighted by Gasteiger charge is -2.30. The molecule has 1 aromatic rings. The van der Waals surface area contributed by atoms with Crippen molar-refractivity contribution in [2.75, 3.05) is 26.2 Å². The third kappa shape index (κ3) is 3.40. The van der Waals surface area contributed by atoms with Crippen molar-refractivity contribution in [2.24, 2.45) is 0 Å². The van der Waals surface area contributed by atoms with Gasteiger partial charge < -0.3 is 4.74 Å². The molecule has 1 aliphatic heterocycles. The molecule has 0 radical (unpaired) electrons. The van der Waals surface area contributed by atoms with Gasteiger partial charge in [-0.25, -0.2) is 0 Å². The Morgan fingerprint density at radius 3 is 2.94 bits per heavy atom. The van der Waals surface area contributed by atoms with Gasteiger partial charge in [0.2, 0.25) is 0 Å². The second kappa shape index (κ2) is 6.12. The lowest BCUT2D eigenvalue weighted by molar-refractivity contribution is -0.0180. The number of carbonyl (C=O) groups is 1. The Labute approximate surface area is 109 Å². The van der Waals surface area contributed by atoms with Gasteiger partial charge in [0.05, 0.1) is 12.7 Å². The van der Waals surface area contributed by atoms with E-state index >= 15 is 0 Å². The molecule has 1 fully saturated rings. The van der Waals surface area contributed by atoms with Crippen LogP contribution in [0.2, 0.25) is 0 Å². The predicted molar refractivity (Wildman–Crippen MR) is 72.0 cm³/mol. The van der Waals surface area contributed by atoms with Gasteiger partial charge in [0.25, 0.3) is 0 Å². The Morgan fingerprint density at radius 1 is 1.44 bits per heavy atom. The highest BCUT2D eigenvalue weighted by Crippen LogP contribution is 2.11. The van der Waals surface area contributed by atoms with Crippen LogP contribution in [0.15, 0.2) is 24.3 Å². The number of carbonyl (C=O) groups excluding carboxylic acids is 1. The molecule has 3 heteroatoms. The maximum Gasteiger partial charge on any atom is 0.164 e. The van der Waals surface area contributed by atoms with Crippen LogP contribution in [-0.4, -0.2) is 43.0 Å². The zero-order chi connectivity index (χ0) is 13.0. The van der Waals surface area contributed by atoms with Crippen LogP contribution in [0.25, 0.3) is 0 Å². The number of benzene rings is 1. The van der Waals surface area contributed by atoms with Gasteiger partial charge in [-0.1, -0.05) is 24.3 Å². The van der Waals surface area contributed by atoms with Gasteiger partial charge in [-0.05, 0) is 19.4 Å². The van der Waals surface area contributed by atoms with E-state index in [2.05, 4.69) is 11.8 Å². The summed E-state index contributed by atoms with van der Waals surface area (Å²) in [7, 11) is 0. The molecule has 98 valence electrons. The van der Waals surface area contributed by atoms with Gasteiger partial charge >= 0.3 is 0 Å². The Hall–Kier alpha value is -1.19. The molecule has 18 heavy (non-hydrogen) atoms. The van der Waals surface area contributed by atoms with Crippen molar-refractivity contribution in [3.05, 3.63) is 35.4 Å². The van der Waals surface area contributed by atoms with E-state index < -0.39 is 0 Å². The van der Waals surface area contributed by atoms with Crippen LogP contribution >= 0.6 is 0 Å². The second-order valence-electron chi connectivity index (χ2n) is 4.97. The summed E-state index contributed by atoms with van der Waals surface area (Å²) in [4.78, 5) is 14.4. The zero-order valence-corrected chi connectivity index (χ0v) is 11.2. The Bertz CT molecular complexity index is 417. The molecule has 1 heterocycles. The van der Waals surface area contributed by atoms with Crippen LogP contribution in [0.5, 0.6) is 0 Å². The number of nitrogens with zero attached hydrogens (tertiary/aromatic N) is 1. The molecule has 1 atom stereocenters. The minimum Gasteiger partial charge on any atom is -0.376 e. The van der Waals surface area contributed by atoms with E-state index in [0.29, 0.717) is 6.42 Å². The molecule has 3 nitrogen and oxygen atoms in total. The third-order valence-electron chi connectivity index (χ3n) is 3.43. The predicted octanol–water partition coefficient (Wildman–Crippen LogP) is 2.29. The second-order valence-corrected chi connectivity index (χ2v) is 4.97. The highest BCUT2D eigenvalue weighted by atomic mass is 16.5. The number of morpholine rings is 1. The summed E-state index contributed by atoms with van der Waals surface area (Å²) in [6.45, 7) is 7.55. The molecule has 2 rings (SSSR count). The monoisotopic (exact) mass is 247 g/mol. The minimum absolute atomic E-state index is 0.243. The summed E-state index contributed by atoms with van der Waals surface area (Å²) < 4.78 is 5.49. The van der Waals surface area contributed by atoms with Gasteiger partial charge in [0.1, 0.15) is 0 Å². The average Bonchev–Trinajstić information content (AvgIpc) is 2.37. The summed E-state index contributed by atoms with van der Waals surface area (Å²) in [5, 5.41) is 0. The number of ketones is 1. The number of hydrogen-bond acceptors (Lipinski definition) is 3. The van der Waals surface area contributed by atoms with E-state index in [-0.39, 0.29) is 11.9 Å². The van der Waals surface area contributed by atoms with Crippen LogP contribution in [0.3, 0.4) is 0 Å². The molecular formula is C15H21NO2. The molecule has 1 saturated heterocycles. The quantitative estimate of drug-likeness (QED) is 0.765. The number of aryl methyl sites for hydroxylation is 1. The number of hydrogen-bond donors (Lipinski definition) is 0. The summed E-state index contributed by atoms with van der Waals surface area (Å²) >= 11 is 0.